The Morgan fingerprint density at radius 3 is 2.89 bits per heavy atom. The highest BCUT2D eigenvalue weighted by Crippen LogP contribution is 2.30. The van der Waals surface area contributed by atoms with Gasteiger partial charge in [-0.15, -0.1) is 4.40 Å². The van der Waals surface area contributed by atoms with E-state index in [1.807, 2.05) is 12.1 Å². The predicted molar refractivity (Wildman–Crippen MR) is 73.6 cm³/mol. The number of amidine groups is 1. The van der Waals surface area contributed by atoms with E-state index in [4.69, 9.17) is 0 Å². The highest BCUT2D eigenvalue weighted by Gasteiger charge is 2.34. The lowest BCUT2D eigenvalue weighted by molar-refractivity contribution is 0.499. The van der Waals surface area contributed by atoms with Gasteiger partial charge in [0.2, 0.25) is 0 Å². The zero-order valence-electron chi connectivity index (χ0n) is 9.71. The van der Waals surface area contributed by atoms with Crippen LogP contribution in [0.4, 0.5) is 0 Å². The number of halogens is 1. The zero-order valence-corrected chi connectivity index (χ0v) is 12.1. The van der Waals surface area contributed by atoms with Crippen molar-refractivity contribution in [2.75, 3.05) is 18.4 Å². The second-order valence-electron chi connectivity index (χ2n) is 4.64. The summed E-state index contributed by atoms with van der Waals surface area (Å²) >= 11 is 3.48. The summed E-state index contributed by atoms with van der Waals surface area (Å²) in [5, 5.41) is 0.950. The predicted octanol–water partition coefficient (Wildman–Crippen LogP) is 1.85. The van der Waals surface area contributed by atoms with Gasteiger partial charge in [-0.1, -0.05) is 28.1 Å². The Labute approximate surface area is 115 Å². The number of alkyl halides is 1. The number of rotatable bonds is 1. The first-order valence-corrected chi connectivity index (χ1v) is 8.43. The maximum Gasteiger partial charge on any atom is 0.285 e. The lowest BCUT2D eigenvalue weighted by Gasteiger charge is -2.17. The molecule has 3 rings (SSSR count). The van der Waals surface area contributed by atoms with Gasteiger partial charge < -0.3 is 4.90 Å². The van der Waals surface area contributed by atoms with Crippen LogP contribution in [0.2, 0.25) is 0 Å². The zero-order chi connectivity index (χ0) is 12.8. The number of likely N-dealkylation sites (tertiary alicyclic amines) is 1. The van der Waals surface area contributed by atoms with Gasteiger partial charge in [-0.2, -0.15) is 8.42 Å². The molecular formula is C12H13BrN2O2S. The van der Waals surface area contributed by atoms with E-state index in [-0.39, 0.29) is 0 Å². The largest absolute Gasteiger partial charge is 0.355 e. The second-order valence-corrected chi connectivity index (χ2v) is 6.86. The minimum absolute atomic E-state index is 0.335. The summed E-state index contributed by atoms with van der Waals surface area (Å²) in [7, 11) is -3.48. The molecule has 1 aromatic rings. The van der Waals surface area contributed by atoms with E-state index < -0.39 is 10.0 Å². The minimum atomic E-state index is -3.48. The molecule has 18 heavy (non-hydrogen) atoms. The van der Waals surface area contributed by atoms with Gasteiger partial charge in [0, 0.05) is 24.0 Å². The molecule has 1 fully saturated rings. The third-order valence-corrected chi connectivity index (χ3v) is 5.66. The summed E-state index contributed by atoms with van der Waals surface area (Å²) < 4.78 is 27.8. The first kappa shape index (κ1) is 12.2. The summed E-state index contributed by atoms with van der Waals surface area (Å²) in [5.41, 5.74) is 0.743. The van der Waals surface area contributed by atoms with E-state index >= 15 is 0 Å². The number of fused-ring (bicyclic) bond motifs is 1. The molecule has 6 heteroatoms. The van der Waals surface area contributed by atoms with Gasteiger partial charge in [0.15, 0.2) is 5.84 Å². The monoisotopic (exact) mass is 328 g/mol. The normalized spacial score (nSPS) is 25.1. The topological polar surface area (TPSA) is 49.7 Å². The molecule has 1 saturated heterocycles. The van der Waals surface area contributed by atoms with Crippen LogP contribution in [-0.4, -0.2) is 37.6 Å². The number of hydrogen-bond donors (Lipinski definition) is 0. The molecule has 2 aliphatic heterocycles. The van der Waals surface area contributed by atoms with E-state index in [1.54, 1.807) is 12.1 Å². The lowest BCUT2D eigenvalue weighted by Crippen LogP contribution is -2.28. The molecule has 0 N–H and O–H groups in total. The van der Waals surface area contributed by atoms with Gasteiger partial charge in [-0.3, -0.25) is 0 Å². The van der Waals surface area contributed by atoms with Crippen LogP contribution in [0.15, 0.2) is 33.6 Å². The SMILES string of the molecule is O=S1(=O)N=C(N2CCC(CBr)C2)c2ccccc21. The summed E-state index contributed by atoms with van der Waals surface area (Å²) in [6.45, 7) is 1.74. The van der Waals surface area contributed by atoms with Crippen LogP contribution < -0.4 is 0 Å². The standard InChI is InChI=1S/C12H13BrN2O2S/c13-7-9-5-6-15(8-9)12-10-3-1-2-4-11(10)18(16,17)14-12/h1-4,9H,5-8H2. The number of nitrogens with zero attached hydrogens (tertiary/aromatic N) is 2. The van der Waals surface area contributed by atoms with E-state index in [9.17, 15) is 8.42 Å². The van der Waals surface area contributed by atoms with Gasteiger partial charge in [-0.25, -0.2) is 0 Å². The van der Waals surface area contributed by atoms with E-state index in [0.29, 0.717) is 16.6 Å². The van der Waals surface area contributed by atoms with Crippen molar-refractivity contribution in [3.8, 4) is 0 Å². The highest BCUT2D eigenvalue weighted by molar-refractivity contribution is 9.09. The van der Waals surface area contributed by atoms with Crippen LogP contribution >= 0.6 is 15.9 Å². The van der Waals surface area contributed by atoms with Crippen molar-refractivity contribution in [2.24, 2.45) is 10.3 Å². The molecule has 0 bridgehead atoms. The van der Waals surface area contributed by atoms with Gasteiger partial charge >= 0.3 is 0 Å². The number of benzene rings is 1. The molecule has 0 aromatic heterocycles. The van der Waals surface area contributed by atoms with Gasteiger partial charge in [0.25, 0.3) is 10.0 Å². The van der Waals surface area contributed by atoms with Crippen molar-refractivity contribution < 1.29 is 8.42 Å². The van der Waals surface area contributed by atoms with Crippen molar-refractivity contribution in [3.05, 3.63) is 29.8 Å². The summed E-state index contributed by atoms with van der Waals surface area (Å²) in [5.74, 6) is 1.19. The first-order valence-electron chi connectivity index (χ1n) is 5.87. The Kier molecular flexibility index (Phi) is 2.94. The number of sulfonamides is 1. The molecular weight excluding hydrogens is 316 g/mol. The fourth-order valence-electron chi connectivity index (χ4n) is 2.47. The van der Waals surface area contributed by atoms with Gasteiger partial charge in [-0.05, 0) is 24.5 Å². The molecule has 1 atom stereocenters. The average Bonchev–Trinajstić information content (AvgIpc) is 2.93. The third kappa shape index (κ3) is 1.87. The smallest absolute Gasteiger partial charge is 0.285 e. The average molecular weight is 329 g/mol. The first-order chi connectivity index (χ1) is 8.62. The van der Waals surface area contributed by atoms with E-state index in [0.717, 1.165) is 30.4 Å². The van der Waals surface area contributed by atoms with E-state index in [1.165, 1.54) is 0 Å². The van der Waals surface area contributed by atoms with Gasteiger partial charge in [0.1, 0.15) is 4.90 Å². The Balaban J connectivity index is 2.00. The quantitative estimate of drug-likeness (QED) is 0.739. The molecule has 96 valence electrons. The van der Waals surface area contributed by atoms with Crippen molar-refractivity contribution in [1.29, 1.82) is 0 Å². The van der Waals surface area contributed by atoms with Crippen LogP contribution in [0.5, 0.6) is 0 Å². The third-order valence-electron chi connectivity index (χ3n) is 3.42. The molecule has 0 saturated carbocycles. The Morgan fingerprint density at radius 2 is 2.17 bits per heavy atom. The Morgan fingerprint density at radius 1 is 1.39 bits per heavy atom. The number of hydrogen-bond acceptors (Lipinski definition) is 3. The summed E-state index contributed by atoms with van der Waals surface area (Å²) in [6, 6.07) is 7.05. The van der Waals surface area contributed by atoms with E-state index in [2.05, 4.69) is 25.2 Å². The van der Waals surface area contributed by atoms with Crippen LogP contribution in [0.25, 0.3) is 0 Å². The minimum Gasteiger partial charge on any atom is -0.355 e. The maximum absolute atomic E-state index is 11.9. The molecule has 0 amide bonds. The molecule has 1 aromatic carbocycles. The molecule has 2 heterocycles. The van der Waals surface area contributed by atoms with Crippen LogP contribution in [0, 0.1) is 5.92 Å². The Bertz CT molecular complexity index is 612. The maximum atomic E-state index is 11.9. The molecule has 0 spiro atoms. The van der Waals surface area contributed by atoms with Crippen LogP contribution in [-0.2, 0) is 10.0 Å². The molecule has 0 aliphatic carbocycles. The van der Waals surface area contributed by atoms with Crippen molar-refractivity contribution in [2.45, 2.75) is 11.3 Å². The molecule has 4 nitrogen and oxygen atoms in total. The van der Waals surface area contributed by atoms with Crippen LogP contribution in [0.3, 0.4) is 0 Å². The van der Waals surface area contributed by atoms with Crippen molar-refractivity contribution >= 4 is 31.8 Å². The van der Waals surface area contributed by atoms with Crippen molar-refractivity contribution in [3.63, 3.8) is 0 Å². The Hall–Kier alpha value is -0.880. The second kappa shape index (κ2) is 4.35. The fraction of sp³-hybridized carbons (Fsp3) is 0.417. The van der Waals surface area contributed by atoms with Crippen molar-refractivity contribution in [1.82, 2.24) is 4.90 Å². The molecule has 2 aliphatic rings. The summed E-state index contributed by atoms with van der Waals surface area (Å²) in [6.07, 6.45) is 1.08. The van der Waals surface area contributed by atoms with Gasteiger partial charge in [0.05, 0.1) is 0 Å². The highest BCUT2D eigenvalue weighted by atomic mass is 79.9. The summed E-state index contributed by atoms with van der Waals surface area (Å²) in [4.78, 5) is 2.41. The molecule has 0 radical (unpaired) electrons. The lowest BCUT2D eigenvalue weighted by atomic mass is 10.1. The van der Waals surface area contributed by atoms with Crippen LogP contribution in [0.1, 0.15) is 12.0 Å². The molecule has 1 unspecified atom stereocenters. The fourth-order valence-corrected chi connectivity index (χ4v) is 4.22.